The van der Waals surface area contributed by atoms with Crippen molar-refractivity contribution in [2.75, 3.05) is 33.3 Å². The molecule has 0 radical (unpaired) electrons. The topological polar surface area (TPSA) is 83.8 Å². The second-order valence-electron chi connectivity index (χ2n) is 6.29. The van der Waals surface area contributed by atoms with Crippen LogP contribution in [-0.4, -0.2) is 54.9 Å². The van der Waals surface area contributed by atoms with Crippen molar-refractivity contribution in [2.45, 2.75) is 22.8 Å². The summed E-state index contributed by atoms with van der Waals surface area (Å²) >= 11 is 1.58. The minimum Gasteiger partial charge on any atom is -0.450 e. The summed E-state index contributed by atoms with van der Waals surface area (Å²) in [4.78, 5) is 16.9. The van der Waals surface area contributed by atoms with Crippen LogP contribution in [0.15, 0.2) is 35.3 Å². The summed E-state index contributed by atoms with van der Waals surface area (Å²) in [5.74, 6) is 1.59. The number of nitrogens with zero attached hydrogens (tertiary/aromatic N) is 2. The summed E-state index contributed by atoms with van der Waals surface area (Å²) in [7, 11) is 4.90. The van der Waals surface area contributed by atoms with Gasteiger partial charge in [-0.2, -0.15) is 4.98 Å². The molecule has 2 aliphatic rings. The summed E-state index contributed by atoms with van der Waals surface area (Å²) in [6.45, 7) is 0.498. The van der Waals surface area contributed by atoms with E-state index in [1.807, 2.05) is 24.3 Å². The van der Waals surface area contributed by atoms with E-state index in [0.717, 1.165) is 5.69 Å². The molecule has 0 amide bonds. The van der Waals surface area contributed by atoms with Gasteiger partial charge >= 0.3 is 5.69 Å². The number of fused-ring (bicyclic) bond motifs is 2. The molecule has 0 bridgehead atoms. The Morgan fingerprint density at radius 2 is 1.96 bits per heavy atom. The predicted molar refractivity (Wildman–Crippen MR) is 102 cm³/mol. The van der Waals surface area contributed by atoms with Crippen molar-refractivity contribution in [3.63, 3.8) is 0 Å². The van der Waals surface area contributed by atoms with Gasteiger partial charge < -0.3 is 24.3 Å². The van der Waals surface area contributed by atoms with Crippen LogP contribution >= 0.6 is 11.8 Å². The molecule has 0 spiro atoms. The van der Waals surface area contributed by atoms with Crippen molar-refractivity contribution >= 4 is 23.3 Å². The SMILES string of the molecule is COC[C@H]1S[C@@H](n2cc3c(nc2=O)Nc2ccccc2O3)C(OC)C1OC. The van der Waals surface area contributed by atoms with Gasteiger partial charge in [-0.05, 0) is 12.1 Å². The Morgan fingerprint density at radius 1 is 1.19 bits per heavy atom. The van der Waals surface area contributed by atoms with Crippen molar-refractivity contribution in [2.24, 2.45) is 0 Å². The normalized spacial score (nSPS) is 26.0. The number of anilines is 2. The maximum absolute atomic E-state index is 12.7. The van der Waals surface area contributed by atoms with Gasteiger partial charge in [0.15, 0.2) is 17.3 Å². The molecular formula is C18H21N3O5S. The smallest absolute Gasteiger partial charge is 0.350 e. The number of thioether (sulfide) groups is 1. The Balaban J connectivity index is 1.70. The average Bonchev–Trinajstić information content (AvgIpc) is 3.03. The van der Waals surface area contributed by atoms with Crippen LogP contribution in [0.25, 0.3) is 0 Å². The van der Waals surface area contributed by atoms with Crippen LogP contribution in [0, 0.1) is 0 Å². The summed E-state index contributed by atoms with van der Waals surface area (Å²) in [6, 6.07) is 7.51. The molecule has 1 saturated heterocycles. The largest absolute Gasteiger partial charge is 0.450 e. The molecular weight excluding hydrogens is 370 g/mol. The van der Waals surface area contributed by atoms with Gasteiger partial charge in [-0.3, -0.25) is 4.57 Å². The maximum Gasteiger partial charge on any atom is 0.350 e. The van der Waals surface area contributed by atoms with E-state index in [2.05, 4.69) is 10.3 Å². The predicted octanol–water partition coefficient (Wildman–Crippen LogP) is 2.38. The van der Waals surface area contributed by atoms with Gasteiger partial charge in [0, 0.05) is 21.3 Å². The molecule has 144 valence electrons. The second-order valence-corrected chi connectivity index (χ2v) is 7.65. The molecule has 8 nitrogen and oxygen atoms in total. The Bertz CT molecular complexity index is 890. The molecule has 27 heavy (non-hydrogen) atoms. The number of para-hydroxylation sites is 2. The fourth-order valence-electron chi connectivity index (χ4n) is 3.47. The molecule has 9 heteroatoms. The van der Waals surface area contributed by atoms with E-state index in [4.69, 9.17) is 18.9 Å². The van der Waals surface area contributed by atoms with E-state index in [-0.39, 0.29) is 28.5 Å². The highest BCUT2D eigenvalue weighted by Gasteiger charge is 2.46. The number of rotatable bonds is 5. The minimum atomic E-state index is -0.378. The number of hydrogen-bond acceptors (Lipinski definition) is 8. The van der Waals surface area contributed by atoms with E-state index >= 15 is 0 Å². The Kier molecular flexibility index (Phi) is 5.09. The summed E-state index contributed by atoms with van der Waals surface area (Å²) in [5, 5.41) is 2.88. The van der Waals surface area contributed by atoms with Crippen LogP contribution < -0.4 is 15.7 Å². The summed E-state index contributed by atoms with van der Waals surface area (Å²) in [5.41, 5.74) is 0.399. The van der Waals surface area contributed by atoms with E-state index in [9.17, 15) is 4.79 Å². The molecule has 2 aliphatic heterocycles. The van der Waals surface area contributed by atoms with Gasteiger partial charge in [-0.25, -0.2) is 4.79 Å². The molecule has 4 rings (SSSR count). The lowest BCUT2D eigenvalue weighted by Crippen LogP contribution is -2.39. The van der Waals surface area contributed by atoms with E-state index in [1.54, 1.807) is 43.9 Å². The zero-order valence-corrected chi connectivity index (χ0v) is 16.1. The Morgan fingerprint density at radius 3 is 2.70 bits per heavy atom. The zero-order chi connectivity index (χ0) is 19.0. The summed E-state index contributed by atoms with van der Waals surface area (Å²) < 4.78 is 24.1. The first kappa shape index (κ1) is 18.3. The standard InChI is InChI=1S/C18H21N3O5S/c1-23-9-13-14(24-2)15(25-3)17(27-13)21-8-12-16(20-18(21)22)19-10-6-4-5-7-11(10)26-12/h4-8,13-15,17H,9H2,1-3H3,(H,19,20,22)/t13-,14?,15?,17-/m1/s1. The van der Waals surface area contributed by atoms with E-state index in [0.29, 0.717) is 23.9 Å². The number of hydrogen-bond donors (Lipinski definition) is 1. The van der Waals surface area contributed by atoms with Gasteiger partial charge in [-0.15, -0.1) is 11.8 Å². The molecule has 1 aromatic carbocycles. The second kappa shape index (κ2) is 7.51. The lowest BCUT2D eigenvalue weighted by molar-refractivity contribution is -0.0432. The van der Waals surface area contributed by atoms with Crippen molar-refractivity contribution < 1.29 is 18.9 Å². The molecule has 4 atom stereocenters. The lowest BCUT2D eigenvalue weighted by atomic mass is 10.1. The maximum atomic E-state index is 12.7. The first-order valence-electron chi connectivity index (χ1n) is 8.53. The van der Waals surface area contributed by atoms with Crippen LogP contribution in [0.1, 0.15) is 5.37 Å². The van der Waals surface area contributed by atoms with Crippen molar-refractivity contribution in [1.82, 2.24) is 9.55 Å². The molecule has 2 unspecified atom stereocenters. The van der Waals surface area contributed by atoms with Crippen molar-refractivity contribution in [3.8, 4) is 11.5 Å². The first-order valence-corrected chi connectivity index (χ1v) is 9.47. The van der Waals surface area contributed by atoms with E-state index < -0.39 is 0 Å². The quantitative estimate of drug-likeness (QED) is 0.710. The molecule has 0 aliphatic carbocycles. The Hall–Kier alpha value is -2.07. The number of benzene rings is 1. The molecule has 3 heterocycles. The van der Waals surface area contributed by atoms with Gasteiger partial charge in [-0.1, -0.05) is 12.1 Å². The van der Waals surface area contributed by atoms with Crippen LogP contribution in [0.5, 0.6) is 11.5 Å². The minimum absolute atomic E-state index is 0.0395. The number of methoxy groups -OCH3 is 3. The molecule has 2 aromatic rings. The highest BCUT2D eigenvalue weighted by atomic mass is 32.2. The zero-order valence-electron chi connectivity index (χ0n) is 15.2. The lowest BCUT2D eigenvalue weighted by Gasteiger charge is -2.25. The first-order chi connectivity index (χ1) is 13.2. The van der Waals surface area contributed by atoms with Gasteiger partial charge in [0.25, 0.3) is 0 Å². The summed E-state index contributed by atoms with van der Waals surface area (Å²) in [6.07, 6.45) is 1.16. The van der Waals surface area contributed by atoms with Gasteiger partial charge in [0.05, 0.1) is 23.7 Å². The highest BCUT2D eigenvalue weighted by molar-refractivity contribution is 8.00. The van der Waals surface area contributed by atoms with Gasteiger partial charge in [0.2, 0.25) is 0 Å². The monoisotopic (exact) mass is 391 g/mol. The van der Waals surface area contributed by atoms with E-state index in [1.165, 1.54) is 0 Å². The van der Waals surface area contributed by atoms with Crippen molar-refractivity contribution in [3.05, 3.63) is 40.9 Å². The number of ether oxygens (including phenoxy) is 4. The average molecular weight is 391 g/mol. The molecule has 1 aromatic heterocycles. The molecule has 0 saturated carbocycles. The third kappa shape index (κ3) is 3.20. The third-order valence-corrected chi connectivity index (χ3v) is 6.24. The van der Waals surface area contributed by atoms with Gasteiger partial charge in [0.1, 0.15) is 17.6 Å². The fourth-order valence-corrected chi connectivity index (χ4v) is 5.17. The van der Waals surface area contributed by atoms with Crippen LogP contribution in [-0.2, 0) is 14.2 Å². The number of nitrogens with one attached hydrogen (secondary N) is 1. The van der Waals surface area contributed by atoms with Crippen LogP contribution in [0.2, 0.25) is 0 Å². The highest BCUT2D eigenvalue weighted by Crippen LogP contribution is 2.46. The Labute approximate surface area is 160 Å². The number of aromatic nitrogens is 2. The fraction of sp³-hybridized carbons (Fsp3) is 0.444. The van der Waals surface area contributed by atoms with Crippen LogP contribution in [0.3, 0.4) is 0 Å². The molecule has 1 N–H and O–H groups in total. The van der Waals surface area contributed by atoms with Crippen LogP contribution in [0.4, 0.5) is 11.5 Å². The third-order valence-electron chi connectivity index (χ3n) is 4.71. The molecule has 1 fully saturated rings. The van der Waals surface area contributed by atoms with Crippen molar-refractivity contribution in [1.29, 1.82) is 0 Å².